The quantitative estimate of drug-likeness (QED) is 0.425. The number of non-ortho nitro benzene ring substituents is 1. The summed E-state index contributed by atoms with van der Waals surface area (Å²) < 4.78 is 0. The van der Waals surface area contributed by atoms with Gasteiger partial charge in [0.25, 0.3) is 5.69 Å². The number of nitro groups is 1. The van der Waals surface area contributed by atoms with Gasteiger partial charge in [-0.25, -0.2) is 5.43 Å². The third-order valence-electron chi connectivity index (χ3n) is 5.71. The number of hydrogen-bond acceptors (Lipinski definition) is 9. The molecular weight excluding hydrogens is 396 g/mol. The molecule has 0 bridgehead atoms. The van der Waals surface area contributed by atoms with Crippen molar-refractivity contribution < 1.29 is 4.92 Å². The Morgan fingerprint density at radius 3 is 1.90 bits per heavy atom. The topological polar surface area (TPSA) is 113 Å². The Kier molecular flexibility index (Phi) is 6.54. The number of hydrazone groups is 1. The molecule has 1 N–H and O–H groups in total. The van der Waals surface area contributed by atoms with Gasteiger partial charge in [-0.15, -0.1) is 0 Å². The van der Waals surface area contributed by atoms with Gasteiger partial charge in [0.05, 0.1) is 10.6 Å². The van der Waals surface area contributed by atoms with Crippen LogP contribution < -0.4 is 15.2 Å². The van der Waals surface area contributed by atoms with Crippen molar-refractivity contribution >= 4 is 29.2 Å². The Labute approximate surface area is 181 Å². The largest absolute Gasteiger partial charge is 0.341 e. The summed E-state index contributed by atoms with van der Waals surface area (Å²) in [6.07, 6.45) is 7.06. The smallest absolute Gasteiger partial charge is 0.269 e. The van der Waals surface area contributed by atoms with Crippen LogP contribution in [0.2, 0.25) is 0 Å². The number of rotatable bonds is 6. The van der Waals surface area contributed by atoms with Crippen molar-refractivity contribution in [2.24, 2.45) is 5.10 Å². The van der Waals surface area contributed by atoms with Crippen LogP contribution in [-0.4, -0.2) is 51.8 Å². The van der Waals surface area contributed by atoms with Gasteiger partial charge in [-0.2, -0.15) is 20.1 Å². The lowest BCUT2D eigenvalue weighted by molar-refractivity contribution is -0.384. The van der Waals surface area contributed by atoms with Crippen molar-refractivity contribution in [3.8, 4) is 0 Å². The number of hydrogen-bond donors (Lipinski definition) is 1. The highest BCUT2D eigenvalue weighted by Crippen LogP contribution is 2.22. The van der Waals surface area contributed by atoms with Crippen molar-refractivity contribution in [1.82, 2.24) is 15.0 Å². The predicted molar refractivity (Wildman–Crippen MR) is 121 cm³/mol. The summed E-state index contributed by atoms with van der Waals surface area (Å²) in [5.74, 6) is 1.80. The molecule has 2 fully saturated rings. The van der Waals surface area contributed by atoms with E-state index in [0.717, 1.165) is 57.4 Å². The maximum atomic E-state index is 10.9. The number of nitro benzene ring substituents is 1. The second-order valence-corrected chi connectivity index (χ2v) is 7.97. The van der Waals surface area contributed by atoms with Crippen LogP contribution in [0.15, 0.2) is 29.4 Å². The van der Waals surface area contributed by atoms with E-state index < -0.39 is 4.92 Å². The van der Waals surface area contributed by atoms with Crippen LogP contribution in [0, 0.1) is 10.1 Å². The molecule has 10 nitrogen and oxygen atoms in total. The van der Waals surface area contributed by atoms with Crippen LogP contribution in [0.25, 0.3) is 0 Å². The fourth-order valence-electron chi connectivity index (χ4n) is 3.90. The maximum Gasteiger partial charge on any atom is 0.269 e. The first-order valence-corrected chi connectivity index (χ1v) is 10.9. The molecule has 4 rings (SSSR count). The molecule has 0 atom stereocenters. The van der Waals surface area contributed by atoms with E-state index >= 15 is 0 Å². The lowest BCUT2D eigenvalue weighted by atomic mass is 10.1. The molecule has 2 aliphatic rings. The lowest BCUT2D eigenvalue weighted by Crippen LogP contribution is -2.34. The molecule has 0 spiro atoms. The molecule has 1 aromatic heterocycles. The Morgan fingerprint density at radius 1 is 0.903 bits per heavy atom. The zero-order chi connectivity index (χ0) is 21.6. The van der Waals surface area contributed by atoms with Gasteiger partial charge in [-0.3, -0.25) is 10.1 Å². The SMILES string of the molecule is CC(=NNc1nc(N2CCCCC2)nc(N2CCCCC2)n1)c1ccc([N+](=O)[O-])cc1. The molecule has 10 heteroatoms. The van der Waals surface area contributed by atoms with Crippen molar-refractivity contribution in [2.75, 3.05) is 41.4 Å². The molecule has 0 radical (unpaired) electrons. The van der Waals surface area contributed by atoms with E-state index in [2.05, 4.69) is 30.3 Å². The number of piperidine rings is 2. The van der Waals surface area contributed by atoms with E-state index in [4.69, 9.17) is 4.98 Å². The molecule has 31 heavy (non-hydrogen) atoms. The van der Waals surface area contributed by atoms with E-state index in [-0.39, 0.29) is 5.69 Å². The first kappa shape index (κ1) is 21.0. The van der Waals surface area contributed by atoms with Crippen LogP contribution >= 0.6 is 0 Å². The minimum Gasteiger partial charge on any atom is -0.341 e. The fraction of sp³-hybridized carbons (Fsp3) is 0.524. The third-order valence-corrected chi connectivity index (χ3v) is 5.71. The fourth-order valence-corrected chi connectivity index (χ4v) is 3.90. The lowest BCUT2D eigenvalue weighted by Gasteiger charge is -2.30. The summed E-state index contributed by atoms with van der Waals surface area (Å²) in [4.78, 5) is 28.9. The second kappa shape index (κ2) is 9.67. The Balaban J connectivity index is 1.56. The van der Waals surface area contributed by atoms with E-state index in [1.165, 1.54) is 25.0 Å². The summed E-state index contributed by atoms with van der Waals surface area (Å²) in [6.45, 7) is 5.65. The summed E-state index contributed by atoms with van der Waals surface area (Å²) >= 11 is 0. The molecular formula is C21H28N8O2. The molecule has 1 aromatic carbocycles. The molecule has 2 aromatic rings. The average Bonchev–Trinajstić information content (AvgIpc) is 2.83. The molecule has 2 saturated heterocycles. The Morgan fingerprint density at radius 2 is 1.42 bits per heavy atom. The highest BCUT2D eigenvalue weighted by Gasteiger charge is 2.20. The zero-order valence-electron chi connectivity index (χ0n) is 17.8. The van der Waals surface area contributed by atoms with Crippen LogP contribution in [0.5, 0.6) is 0 Å². The number of nitrogens with zero attached hydrogens (tertiary/aromatic N) is 7. The van der Waals surface area contributed by atoms with Crippen LogP contribution in [0.4, 0.5) is 23.5 Å². The molecule has 3 heterocycles. The number of anilines is 3. The minimum absolute atomic E-state index is 0.0549. The molecule has 0 unspecified atom stereocenters. The summed E-state index contributed by atoms with van der Waals surface area (Å²) in [6, 6.07) is 6.31. The monoisotopic (exact) mass is 424 g/mol. The van der Waals surface area contributed by atoms with Crippen LogP contribution in [0.3, 0.4) is 0 Å². The second-order valence-electron chi connectivity index (χ2n) is 7.97. The predicted octanol–water partition coefficient (Wildman–Crippen LogP) is 3.60. The van der Waals surface area contributed by atoms with Gasteiger partial charge in [0, 0.05) is 38.3 Å². The standard InChI is InChI=1S/C21H28N8O2/c1-16(17-8-10-18(11-9-17)29(30)31)25-26-19-22-20(27-12-4-2-5-13-27)24-21(23-19)28-14-6-3-7-15-28/h8-11H,2-7,12-15H2,1H3,(H,22,23,24,26). The van der Waals surface area contributed by atoms with Gasteiger partial charge in [-0.05, 0) is 63.1 Å². The first-order chi connectivity index (χ1) is 15.1. The van der Waals surface area contributed by atoms with E-state index in [1.54, 1.807) is 12.1 Å². The first-order valence-electron chi connectivity index (χ1n) is 10.9. The normalized spacial score (nSPS) is 17.5. The van der Waals surface area contributed by atoms with Crippen molar-refractivity contribution in [1.29, 1.82) is 0 Å². The van der Waals surface area contributed by atoms with Crippen LogP contribution in [-0.2, 0) is 0 Å². The Hall–Kier alpha value is -3.30. The molecule has 0 aliphatic carbocycles. The third kappa shape index (κ3) is 5.25. The minimum atomic E-state index is -0.413. The highest BCUT2D eigenvalue weighted by molar-refractivity contribution is 5.99. The van der Waals surface area contributed by atoms with Crippen molar-refractivity contribution in [2.45, 2.75) is 45.4 Å². The summed E-state index contributed by atoms with van der Waals surface area (Å²) in [7, 11) is 0. The zero-order valence-corrected chi connectivity index (χ0v) is 17.8. The van der Waals surface area contributed by atoms with E-state index in [1.807, 2.05) is 6.92 Å². The number of benzene rings is 1. The van der Waals surface area contributed by atoms with Gasteiger partial charge >= 0.3 is 0 Å². The van der Waals surface area contributed by atoms with E-state index in [0.29, 0.717) is 23.6 Å². The van der Waals surface area contributed by atoms with Gasteiger partial charge in [0.2, 0.25) is 17.8 Å². The van der Waals surface area contributed by atoms with Gasteiger partial charge < -0.3 is 9.80 Å². The van der Waals surface area contributed by atoms with Crippen molar-refractivity contribution in [3.05, 3.63) is 39.9 Å². The highest BCUT2D eigenvalue weighted by atomic mass is 16.6. The number of nitrogens with one attached hydrogen (secondary N) is 1. The average molecular weight is 425 g/mol. The van der Waals surface area contributed by atoms with Crippen molar-refractivity contribution in [3.63, 3.8) is 0 Å². The molecule has 0 amide bonds. The molecule has 0 saturated carbocycles. The summed E-state index contributed by atoms with van der Waals surface area (Å²) in [5, 5.41) is 15.3. The molecule has 2 aliphatic heterocycles. The van der Waals surface area contributed by atoms with Gasteiger partial charge in [0.1, 0.15) is 0 Å². The van der Waals surface area contributed by atoms with Gasteiger partial charge in [0.15, 0.2) is 0 Å². The maximum absolute atomic E-state index is 10.9. The van der Waals surface area contributed by atoms with E-state index in [9.17, 15) is 10.1 Å². The summed E-state index contributed by atoms with van der Waals surface area (Å²) in [5.41, 5.74) is 4.51. The molecule has 164 valence electrons. The number of aromatic nitrogens is 3. The van der Waals surface area contributed by atoms with Crippen LogP contribution in [0.1, 0.15) is 51.0 Å². The van der Waals surface area contributed by atoms with Gasteiger partial charge in [-0.1, -0.05) is 0 Å². The Bertz CT molecular complexity index is 899.